The van der Waals surface area contributed by atoms with E-state index in [1.54, 1.807) is 25.4 Å². The Labute approximate surface area is 201 Å². The van der Waals surface area contributed by atoms with Crippen LogP contribution in [0, 0.1) is 6.92 Å². The van der Waals surface area contributed by atoms with Gasteiger partial charge < -0.3 is 4.74 Å². The van der Waals surface area contributed by atoms with E-state index in [0.717, 1.165) is 40.0 Å². The van der Waals surface area contributed by atoms with Crippen LogP contribution in [0.3, 0.4) is 0 Å². The topological polar surface area (TPSA) is 52.8 Å². The minimum absolute atomic E-state index is 0.236. The van der Waals surface area contributed by atoms with Crippen molar-refractivity contribution < 1.29 is 17.9 Å². The number of hydrogen-bond acceptors (Lipinski definition) is 4. The van der Waals surface area contributed by atoms with Crippen LogP contribution in [0.15, 0.2) is 60.8 Å². The standard InChI is InChI=1S/C27H25F3N4O/c1-17-13-19(9-11-31-17)22-8-7-18(14-24(22)35-2)15-25-32-26-16-20(10-12-34(26)33-25)21-5-3-4-6-23(21)27(28,29)30/h3-9,11,13-14,20H,10,12,15-16H2,1-2H3. The van der Waals surface area contributed by atoms with Gasteiger partial charge in [0.05, 0.1) is 12.7 Å². The SMILES string of the molecule is COc1cc(Cc2nc3n(n2)CCC(c2ccccc2C(F)(F)F)C3)ccc1-c1ccnc(C)c1. The van der Waals surface area contributed by atoms with Crippen LogP contribution in [-0.4, -0.2) is 26.9 Å². The molecule has 5 nitrogen and oxygen atoms in total. The Bertz CT molecular complexity index is 1360. The number of hydrogen-bond donors (Lipinski definition) is 0. The number of halogens is 3. The quantitative estimate of drug-likeness (QED) is 0.353. The summed E-state index contributed by atoms with van der Waals surface area (Å²) in [6, 6.07) is 15.8. The Balaban J connectivity index is 1.36. The van der Waals surface area contributed by atoms with Crippen molar-refractivity contribution in [2.75, 3.05) is 7.11 Å². The summed E-state index contributed by atoms with van der Waals surface area (Å²) in [7, 11) is 1.64. The molecule has 0 N–H and O–H groups in total. The van der Waals surface area contributed by atoms with Gasteiger partial charge in [-0.15, -0.1) is 0 Å². The number of alkyl halides is 3. The molecule has 4 aromatic rings. The normalized spacial score (nSPS) is 15.6. The largest absolute Gasteiger partial charge is 0.496 e. The fraction of sp³-hybridized carbons (Fsp3) is 0.296. The van der Waals surface area contributed by atoms with Gasteiger partial charge in [-0.25, -0.2) is 9.67 Å². The Hall–Kier alpha value is -3.68. The van der Waals surface area contributed by atoms with Crippen LogP contribution in [0.25, 0.3) is 11.1 Å². The van der Waals surface area contributed by atoms with E-state index in [4.69, 9.17) is 4.74 Å². The van der Waals surface area contributed by atoms with Gasteiger partial charge in [-0.05, 0) is 60.2 Å². The van der Waals surface area contributed by atoms with Gasteiger partial charge in [0.25, 0.3) is 0 Å². The molecule has 3 heterocycles. The van der Waals surface area contributed by atoms with Gasteiger partial charge in [-0.1, -0.05) is 30.3 Å². The summed E-state index contributed by atoms with van der Waals surface area (Å²) in [6.45, 7) is 2.49. The van der Waals surface area contributed by atoms with Gasteiger partial charge in [-0.2, -0.15) is 18.3 Å². The predicted octanol–water partition coefficient (Wildman–Crippen LogP) is 6.00. The summed E-state index contributed by atoms with van der Waals surface area (Å²) >= 11 is 0. The number of nitrogens with zero attached hydrogens (tertiary/aromatic N) is 4. The van der Waals surface area contributed by atoms with Crippen molar-refractivity contribution in [1.29, 1.82) is 0 Å². The molecular formula is C27H25F3N4O. The lowest BCUT2D eigenvalue weighted by Crippen LogP contribution is -2.21. The lowest BCUT2D eigenvalue weighted by Gasteiger charge is -2.25. The van der Waals surface area contributed by atoms with Crippen molar-refractivity contribution in [3.05, 3.63) is 94.8 Å². The van der Waals surface area contributed by atoms with Crippen LogP contribution in [-0.2, 0) is 25.6 Å². The summed E-state index contributed by atoms with van der Waals surface area (Å²) in [5.74, 6) is 1.89. The third-order valence-corrected chi connectivity index (χ3v) is 6.45. The van der Waals surface area contributed by atoms with Gasteiger partial charge in [0.15, 0.2) is 5.82 Å². The monoisotopic (exact) mass is 478 g/mol. The molecule has 8 heteroatoms. The molecule has 180 valence electrons. The highest BCUT2D eigenvalue weighted by Gasteiger charge is 2.36. The minimum atomic E-state index is -4.37. The summed E-state index contributed by atoms with van der Waals surface area (Å²) < 4.78 is 48.0. The third kappa shape index (κ3) is 4.78. The predicted molar refractivity (Wildman–Crippen MR) is 126 cm³/mol. The minimum Gasteiger partial charge on any atom is -0.496 e. The molecule has 0 amide bonds. The number of methoxy groups -OCH3 is 1. The van der Waals surface area contributed by atoms with Crippen molar-refractivity contribution in [1.82, 2.24) is 19.7 Å². The molecule has 0 aliphatic carbocycles. The van der Waals surface area contributed by atoms with Gasteiger partial charge in [0, 0.05) is 36.8 Å². The number of fused-ring (bicyclic) bond motifs is 1. The molecule has 0 radical (unpaired) electrons. The summed E-state index contributed by atoms with van der Waals surface area (Å²) in [5.41, 5.74) is 3.71. The van der Waals surface area contributed by atoms with Gasteiger partial charge in [0.2, 0.25) is 0 Å². The zero-order valence-corrected chi connectivity index (χ0v) is 19.5. The zero-order chi connectivity index (χ0) is 24.6. The molecule has 1 aliphatic heterocycles. The lowest BCUT2D eigenvalue weighted by molar-refractivity contribution is -0.138. The first kappa shape index (κ1) is 23.1. The van der Waals surface area contributed by atoms with Crippen molar-refractivity contribution in [2.24, 2.45) is 0 Å². The first-order valence-electron chi connectivity index (χ1n) is 11.5. The van der Waals surface area contributed by atoms with E-state index in [9.17, 15) is 13.2 Å². The van der Waals surface area contributed by atoms with E-state index < -0.39 is 11.7 Å². The molecule has 1 aliphatic rings. The summed E-state index contributed by atoms with van der Waals surface area (Å²) in [5, 5.41) is 4.63. The number of rotatable bonds is 5. The molecule has 5 rings (SSSR count). The molecule has 35 heavy (non-hydrogen) atoms. The van der Waals surface area contributed by atoms with E-state index in [2.05, 4.69) is 15.1 Å². The molecule has 0 saturated heterocycles. The fourth-order valence-corrected chi connectivity index (χ4v) is 4.79. The third-order valence-electron chi connectivity index (χ3n) is 6.45. The van der Waals surface area contributed by atoms with Crippen LogP contribution in [0.4, 0.5) is 13.2 Å². The second-order valence-electron chi connectivity index (χ2n) is 8.84. The molecule has 0 bridgehead atoms. The molecule has 0 saturated carbocycles. The molecule has 0 spiro atoms. The summed E-state index contributed by atoms with van der Waals surface area (Å²) in [4.78, 5) is 8.93. The van der Waals surface area contributed by atoms with E-state index >= 15 is 0 Å². The highest BCUT2D eigenvalue weighted by atomic mass is 19.4. The maximum atomic E-state index is 13.5. The Morgan fingerprint density at radius 3 is 2.69 bits per heavy atom. The van der Waals surface area contributed by atoms with Crippen LogP contribution in [0.2, 0.25) is 0 Å². The Morgan fingerprint density at radius 2 is 1.91 bits per heavy atom. The van der Waals surface area contributed by atoms with Gasteiger partial charge >= 0.3 is 6.18 Å². The fourth-order valence-electron chi connectivity index (χ4n) is 4.79. The van der Waals surface area contributed by atoms with Crippen LogP contribution in [0.5, 0.6) is 5.75 Å². The van der Waals surface area contributed by atoms with Crippen LogP contribution < -0.4 is 4.74 Å². The number of pyridine rings is 1. The first-order valence-corrected chi connectivity index (χ1v) is 11.5. The number of aryl methyl sites for hydroxylation is 2. The maximum Gasteiger partial charge on any atom is 0.416 e. The van der Waals surface area contributed by atoms with Gasteiger partial charge in [0.1, 0.15) is 11.6 Å². The number of benzene rings is 2. The van der Waals surface area contributed by atoms with Crippen molar-refractivity contribution in [3.8, 4) is 16.9 Å². The number of ether oxygens (including phenoxy) is 1. The second-order valence-corrected chi connectivity index (χ2v) is 8.84. The van der Waals surface area contributed by atoms with Gasteiger partial charge in [-0.3, -0.25) is 4.98 Å². The van der Waals surface area contributed by atoms with Crippen LogP contribution in [0.1, 0.15) is 46.4 Å². The summed E-state index contributed by atoms with van der Waals surface area (Å²) in [6.07, 6.45) is -1.05. The van der Waals surface area contributed by atoms with Crippen molar-refractivity contribution in [3.63, 3.8) is 0 Å². The first-order chi connectivity index (χ1) is 16.8. The molecule has 2 aromatic carbocycles. The zero-order valence-electron chi connectivity index (χ0n) is 19.5. The highest BCUT2D eigenvalue weighted by molar-refractivity contribution is 5.71. The Morgan fingerprint density at radius 1 is 1.09 bits per heavy atom. The average molecular weight is 479 g/mol. The van der Waals surface area contributed by atoms with E-state index in [0.29, 0.717) is 37.2 Å². The Kier molecular flexibility index (Phi) is 6.05. The van der Waals surface area contributed by atoms with Crippen molar-refractivity contribution in [2.45, 2.75) is 44.8 Å². The number of aromatic nitrogens is 4. The molecule has 1 atom stereocenters. The average Bonchev–Trinajstić information content (AvgIpc) is 3.25. The van der Waals surface area contributed by atoms with E-state index in [-0.39, 0.29) is 5.92 Å². The molecular weight excluding hydrogens is 453 g/mol. The maximum absolute atomic E-state index is 13.5. The van der Waals surface area contributed by atoms with E-state index in [1.165, 1.54) is 6.07 Å². The second kappa shape index (κ2) is 9.17. The molecule has 0 fully saturated rings. The highest BCUT2D eigenvalue weighted by Crippen LogP contribution is 2.39. The molecule has 2 aromatic heterocycles. The smallest absolute Gasteiger partial charge is 0.416 e. The van der Waals surface area contributed by atoms with Crippen molar-refractivity contribution >= 4 is 0 Å². The van der Waals surface area contributed by atoms with E-state index in [1.807, 2.05) is 41.9 Å². The molecule has 1 unspecified atom stereocenters. The van der Waals surface area contributed by atoms with Crippen LogP contribution >= 0.6 is 0 Å². The lowest BCUT2D eigenvalue weighted by atomic mass is 9.87.